The quantitative estimate of drug-likeness (QED) is 0.588. The van der Waals surface area contributed by atoms with Crippen LogP contribution in [0.25, 0.3) is 21.7 Å². The summed E-state index contributed by atoms with van der Waals surface area (Å²) < 4.78 is 0. The Morgan fingerprint density at radius 2 is 1.73 bits per heavy atom. The van der Waals surface area contributed by atoms with E-state index in [0.29, 0.717) is 15.9 Å². The normalized spacial score (nSPS) is 16.1. The summed E-state index contributed by atoms with van der Waals surface area (Å²) in [6, 6.07) is 15.4. The fraction of sp³-hybridized carbons (Fsp3) is 0.182. The fourth-order valence-corrected chi connectivity index (χ4v) is 4.43. The van der Waals surface area contributed by atoms with Gasteiger partial charge in [-0.05, 0) is 31.5 Å². The highest BCUT2D eigenvalue weighted by Crippen LogP contribution is 2.42. The van der Waals surface area contributed by atoms with Gasteiger partial charge in [-0.1, -0.05) is 64.9 Å². The van der Waals surface area contributed by atoms with Gasteiger partial charge in [0.05, 0.1) is 22.9 Å². The van der Waals surface area contributed by atoms with Gasteiger partial charge in [0.15, 0.2) is 0 Å². The molecule has 4 rings (SSSR count). The number of carbonyl (C=O) groups is 2. The van der Waals surface area contributed by atoms with Gasteiger partial charge in [0.2, 0.25) is 5.13 Å². The van der Waals surface area contributed by atoms with E-state index in [4.69, 9.17) is 21.7 Å². The van der Waals surface area contributed by atoms with Crippen LogP contribution in [-0.2, 0) is 9.59 Å². The van der Waals surface area contributed by atoms with Crippen LogP contribution in [0.2, 0.25) is 5.02 Å². The highest BCUT2D eigenvalue weighted by atomic mass is 35.5. The van der Waals surface area contributed by atoms with Gasteiger partial charge >= 0.3 is 5.97 Å². The molecule has 1 unspecified atom stereocenters. The van der Waals surface area contributed by atoms with Gasteiger partial charge in [0, 0.05) is 16.3 Å². The maximum atomic E-state index is 12.8. The predicted octanol–water partition coefficient (Wildman–Crippen LogP) is 5.25. The van der Waals surface area contributed by atoms with E-state index in [-0.39, 0.29) is 12.3 Å². The minimum atomic E-state index is -1.04. The lowest BCUT2D eigenvalue weighted by Crippen LogP contribution is -2.28. The molecule has 1 aliphatic rings. The summed E-state index contributed by atoms with van der Waals surface area (Å²) in [6.45, 7) is 3.69. The van der Waals surface area contributed by atoms with Crippen molar-refractivity contribution in [3.05, 3.63) is 59.1 Å². The number of carboxylic acids is 1. The van der Waals surface area contributed by atoms with Gasteiger partial charge in [-0.2, -0.15) is 10.1 Å². The van der Waals surface area contributed by atoms with E-state index < -0.39 is 11.9 Å². The van der Waals surface area contributed by atoms with Gasteiger partial charge in [-0.15, -0.1) is 0 Å². The molecule has 0 bridgehead atoms. The van der Waals surface area contributed by atoms with E-state index in [9.17, 15) is 9.59 Å². The molecule has 2 aromatic carbocycles. The first-order valence-corrected chi connectivity index (χ1v) is 10.5. The van der Waals surface area contributed by atoms with Crippen LogP contribution in [0.3, 0.4) is 0 Å². The molecule has 0 radical (unpaired) electrons. The highest BCUT2D eigenvalue weighted by molar-refractivity contribution is 7.19. The van der Waals surface area contributed by atoms with Crippen molar-refractivity contribution in [1.82, 2.24) is 4.98 Å². The third-order valence-corrected chi connectivity index (χ3v) is 6.21. The van der Waals surface area contributed by atoms with Gasteiger partial charge in [-0.25, -0.2) is 4.98 Å². The van der Waals surface area contributed by atoms with Crippen LogP contribution < -0.4 is 5.01 Å². The van der Waals surface area contributed by atoms with Gasteiger partial charge in [0.25, 0.3) is 5.91 Å². The minimum absolute atomic E-state index is 0.287. The largest absolute Gasteiger partial charge is 0.481 e. The summed E-state index contributed by atoms with van der Waals surface area (Å²) in [5.74, 6) is -2.18. The van der Waals surface area contributed by atoms with Crippen molar-refractivity contribution >= 4 is 45.7 Å². The zero-order valence-corrected chi connectivity index (χ0v) is 17.9. The van der Waals surface area contributed by atoms with E-state index in [2.05, 4.69) is 5.10 Å². The topological polar surface area (TPSA) is 82.9 Å². The molecule has 1 atom stereocenters. The average molecular weight is 440 g/mol. The molecule has 0 spiro atoms. The maximum Gasteiger partial charge on any atom is 0.304 e. The fourth-order valence-electron chi connectivity index (χ4n) is 3.25. The van der Waals surface area contributed by atoms with Gasteiger partial charge in [0.1, 0.15) is 0 Å². The summed E-state index contributed by atoms with van der Waals surface area (Å²) in [5, 5.41) is 15.7. The number of anilines is 1. The summed E-state index contributed by atoms with van der Waals surface area (Å²) in [6.07, 6.45) is -0.287. The number of nitrogens with zero attached hydrogens (tertiary/aromatic N) is 3. The number of hydrogen-bond donors (Lipinski definition) is 1. The van der Waals surface area contributed by atoms with Crippen LogP contribution in [0.1, 0.15) is 18.9 Å². The number of hydrazone groups is 1. The van der Waals surface area contributed by atoms with E-state index in [1.54, 1.807) is 19.1 Å². The molecule has 0 fully saturated rings. The Morgan fingerprint density at radius 3 is 2.37 bits per heavy atom. The molecule has 1 aromatic heterocycles. The first-order chi connectivity index (χ1) is 14.3. The SMILES string of the molecule is CC1=NN(c2nc(-c3ccc(Cl)cc3)c(-c3ccc(C)cc3)s2)C(=O)C1CC(=O)O. The Kier molecular flexibility index (Phi) is 5.40. The predicted molar refractivity (Wildman–Crippen MR) is 119 cm³/mol. The molecule has 1 amide bonds. The van der Waals surface area contributed by atoms with Crippen LogP contribution in [0.5, 0.6) is 0 Å². The number of benzene rings is 2. The molecule has 30 heavy (non-hydrogen) atoms. The molecular weight excluding hydrogens is 422 g/mol. The number of carboxylic acid groups (broad SMARTS) is 1. The number of amides is 1. The Labute approximate surface area is 182 Å². The zero-order valence-electron chi connectivity index (χ0n) is 16.3. The van der Waals surface area contributed by atoms with Crippen molar-refractivity contribution in [2.24, 2.45) is 11.0 Å². The summed E-state index contributed by atoms with van der Waals surface area (Å²) in [4.78, 5) is 29.6. The third kappa shape index (κ3) is 3.86. The lowest BCUT2D eigenvalue weighted by atomic mass is 10.0. The molecule has 6 nitrogen and oxygen atoms in total. The molecule has 3 aromatic rings. The molecule has 1 aliphatic heterocycles. The second-order valence-corrected chi connectivity index (χ2v) is 8.50. The van der Waals surface area contributed by atoms with Gasteiger partial charge in [-0.3, -0.25) is 9.59 Å². The average Bonchev–Trinajstić information content (AvgIpc) is 3.26. The molecule has 2 heterocycles. The Morgan fingerprint density at radius 1 is 1.10 bits per heavy atom. The summed E-state index contributed by atoms with van der Waals surface area (Å²) in [5.41, 5.74) is 4.18. The van der Waals surface area contributed by atoms with Crippen LogP contribution in [0.15, 0.2) is 53.6 Å². The third-order valence-electron chi connectivity index (χ3n) is 4.88. The number of aromatic nitrogens is 1. The van der Waals surface area contributed by atoms with Crippen molar-refractivity contribution in [1.29, 1.82) is 0 Å². The van der Waals surface area contributed by atoms with Crippen molar-refractivity contribution in [3.8, 4) is 21.7 Å². The lowest BCUT2D eigenvalue weighted by Gasteiger charge is -2.09. The standard InChI is InChI=1S/C22H18ClN3O3S/c1-12-3-5-15(6-4-12)20-19(14-7-9-16(23)10-8-14)24-22(30-20)26-21(29)17(11-18(27)28)13(2)25-26/h3-10,17H,11H2,1-2H3,(H,27,28). The van der Waals surface area contributed by atoms with Crippen molar-refractivity contribution in [2.75, 3.05) is 5.01 Å². The Hall–Kier alpha value is -3.03. The molecule has 0 saturated heterocycles. The van der Waals surface area contributed by atoms with E-state index in [1.165, 1.54) is 16.3 Å². The second kappa shape index (κ2) is 8.01. The molecule has 8 heteroatoms. The monoisotopic (exact) mass is 439 g/mol. The first kappa shape index (κ1) is 20.3. The van der Waals surface area contributed by atoms with E-state index in [0.717, 1.165) is 27.3 Å². The highest BCUT2D eigenvalue weighted by Gasteiger charge is 2.37. The van der Waals surface area contributed by atoms with Crippen molar-refractivity contribution in [3.63, 3.8) is 0 Å². The van der Waals surface area contributed by atoms with Gasteiger partial charge < -0.3 is 5.11 Å². The Balaban J connectivity index is 1.80. The number of hydrogen-bond acceptors (Lipinski definition) is 5. The van der Waals surface area contributed by atoms with Crippen molar-refractivity contribution in [2.45, 2.75) is 20.3 Å². The Bertz CT molecular complexity index is 1090. The number of rotatable bonds is 5. The summed E-state index contributed by atoms with van der Waals surface area (Å²) >= 11 is 7.39. The summed E-state index contributed by atoms with van der Waals surface area (Å²) in [7, 11) is 0. The first-order valence-electron chi connectivity index (χ1n) is 9.28. The number of halogens is 1. The number of carbonyl (C=O) groups excluding carboxylic acids is 1. The van der Waals surface area contributed by atoms with Crippen LogP contribution >= 0.6 is 22.9 Å². The van der Waals surface area contributed by atoms with E-state index in [1.807, 2.05) is 43.3 Å². The van der Waals surface area contributed by atoms with Crippen LogP contribution in [-0.4, -0.2) is 27.7 Å². The maximum absolute atomic E-state index is 12.8. The van der Waals surface area contributed by atoms with Crippen LogP contribution in [0.4, 0.5) is 5.13 Å². The van der Waals surface area contributed by atoms with Crippen LogP contribution in [0, 0.1) is 12.8 Å². The smallest absolute Gasteiger partial charge is 0.304 e. The number of aryl methyl sites for hydroxylation is 1. The number of aliphatic carboxylic acids is 1. The molecule has 0 saturated carbocycles. The molecular formula is C22H18ClN3O3S. The second-order valence-electron chi connectivity index (χ2n) is 7.09. The number of thiazole rings is 1. The minimum Gasteiger partial charge on any atom is -0.481 e. The van der Waals surface area contributed by atoms with Crippen molar-refractivity contribution < 1.29 is 14.7 Å². The lowest BCUT2D eigenvalue weighted by molar-refractivity contribution is -0.139. The zero-order chi connectivity index (χ0) is 21.4. The molecule has 1 N–H and O–H groups in total. The molecule has 0 aliphatic carbocycles. The molecule has 152 valence electrons. The van der Waals surface area contributed by atoms with E-state index >= 15 is 0 Å².